The minimum atomic E-state index is -0.466. The average molecular weight is 266 g/mol. The SMILES string of the molecule is Cn1c(C2CC2)nc(-c2cccc(Cl)c2F)c1N. The van der Waals surface area contributed by atoms with E-state index in [1.54, 1.807) is 12.1 Å². The monoisotopic (exact) mass is 265 g/mol. The molecule has 0 spiro atoms. The highest BCUT2D eigenvalue weighted by Gasteiger charge is 2.30. The normalized spacial score (nSPS) is 15.1. The number of benzene rings is 1. The third-order valence-electron chi connectivity index (χ3n) is 3.32. The number of hydrogen-bond acceptors (Lipinski definition) is 2. The van der Waals surface area contributed by atoms with Gasteiger partial charge in [0.2, 0.25) is 0 Å². The van der Waals surface area contributed by atoms with Crippen LogP contribution in [0.2, 0.25) is 5.02 Å². The zero-order valence-electron chi connectivity index (χ0n) is 9.95. The fourth-order valence-electron chi connectivity index (χ4n) is 2.12. The van der Waals surface area contributed by atoms with Crippen LogP contribution in [0, 0.1) is 5.82 Å². The molecule has 1 heterocycles. The van der Waals surface area contributed by atoms with Crippen LogP contribution in [0.15, 0.2) is 18.2 Å². The number of nitrogens with two attached hydrogens (primary N) is 1. The number of imidazole rings is 1. The first-order chi connectivity index (χ1) is 8.59. The van der Waals surface area contributed by atoms with E-state index < -0.39 is 5.82 Å². The second-order valence-electron chi connectivity index (χ2n) is 4.64. The van der Waals surface area contributed by atoms with Gasteiger partial charge in [-0.2, -0.15) is 0 Å². The molecule has 1 aliphatic rings. The van der Waals surface area contributed by atoms with Crippen LogP contribution in [-0.4, -0.2) is 9.55 Å². The first-order valence-corrected chi connectivity index (χ1v) is 6.24. The highest BCUT2D eigenvalue weighted by atomic mass is 35.5. The summed E-state index contributed by atoms with van der Waals surface area (Å²) in [4.78, 5) is 4.48. The predicted molar refractivity (Wildman–Crippen MR) is 70.0 cm³/mol. The van der Waals surface area contributed by atoms with Gasteiger partial charge < -0.3 is 10.3 Å². The van der Waals surface area contributed by atoms with Crippen molar-refractivity contribution in [1.29, 1.82) is 0 Å². The molecular weight excluding hydrogens is 253 g/mol. The highest BCUT2D eigenvalue weighted by molar-refractivity contribution is 6.31. The first-order valence-electron chi connectivity index (χ1n) is 5.86. The number of aromatic nitrogens is 2. The molecule has 2 aromatic rings. The average Bonchev–Trinajstić information content (AvgIpc) is 3.14. The Kier molecular flexibility index (Phi) is 2.55. The lowest BCUT2D eigenvalue weighted by Crippen LogP contribution is -2.00. The lowest BCUT2D eigenvalue weighted by molar-refractivity contribution is 0.631. The fourth-order valence-corrected chi connectivity index (χ4v) is 2.30. The molecule has 0 unspecified atom stereocenters. The minimum absolute atomic E-state index is 0.0884. The van der Waals surface area contributed by atoms with E-state index in [-0.39, 0.29) is 5.02 Å². The maximum atomic E-state index is 14.0. The summed E-state index contributed by atoms with van der Waals surface area (Å²) in [6.07, 6.45) is 2.25. The topological polar surface area (TPSA) is 43.8 Å². The molecule has 1 fully saturated rings. The molecule has 94 valence electrons. The van der Waals surface area contributed by atoms with Crippen molar-refractivity contribution >= 4 is 17.4 Å². The van der Waals surface area contributed by atoms with Crippen LogP contribution in [0.1, 0.15) is 24.6 Å². The van der Waals surface area contributed by atoms with Gasteiger partial charge in [0.25, 0.3) is 0 Å². The number of hydrogen-bond donors (Lipinski definition) is 1. The van der Waals surface area contributed by atoms with E-state index in [4.69, 9.17) is 17.3 Å². The van der Waals surface area contributed by atoms with Crippen molar-refractivity contribution in [2.45, 2.75) is 18.8 Å². The maximum absolute atomic E-state index is 14.0. The van der Waals surface area contributed by atoms with Crippen LogP contribution in [0.5, 0.6) is 0 Å². The van der Waals surface area contributed by atoms with E-state index in [2.05, 4.69) is 4.98 Å². The lowest BCUT2D eigenvalue weighted by Gasteiger charge is -2.03. The van der Waals surface area contributed by atoms with Crippen molar-refractivity contribution in [3.63, 3.8) is 0 Å². The standard InChI is InChI=1S/C13H13ClFN3/c1-18-12(16)11(17-13(18)7-5-6-7)8-3-2-4-9(14)10(8)15/h2-4,7H,5-6,16H2,1H3. The van der Waals surface area contributed by atoms with Crippen molar-refractivity contribution in [3.05, 3.63) is 34.9 Å². The summed E-state index contributed by atoms with van der Waals surface area (Å²) in [5.41, 5.74) is 6.86. The van der Waals surface area contributed by atoms with Gasteiger partial charge in [0.15, 0.2) is 5.82 Å². The number of nitrogens with zero attached hydrogens (tertiary/aromatic N) is 2. The Labute approximate surface area is 109 Å². The first kappa shape index (κ1) is 11.5. The molecule has 0 amide bonds. The molecule has 1 aromatic carbocycles. The van der Waals surface area contributed by atoms with Gasteiger partial charge in [-0.05, 0) is 25.0 Å². The van der Waals surface area contributed by atoms with Gasteiger partial charge in [-0.25, -0.2) is 9.37 Å². The maximum Gasteiger partial charge on any atom is 0.151 e. The van der Waals surface area contributed by atoms with Crippen molar-refractivity contribution in [2.75, 3.05) is 5.73 Å². The van der Waals surface area contributed by atoms with Crippen molar-refractivity contribution < 1.29 is 4.39 Å². The van der Waals surface area contributed by atoms with Gasteiger partial charge in [0.1, 0.15) is 17.3 Å². The van der Waals surface area contributed by atoms with Crippen LogP contribution < -0.4 is 5.73 Å². The van der Waals surface area contributed by atoms with Crippen LogP contribution in [-0.2, 0) is 7.05 Å². The van der Waals surface area contributed by atoms with Crippen molar-refractivity contribution in [1.82, 2.24) is 9.55 Å². The van der Waals surface area contributed by atoms with Gasteiger partial charge in [0.05, 0.1) is 5.02 Å². The van der Waals surface area contributed by atoms with Crippen LogP contribution in [0.3, 0.4) is 0 Å². The molecule has 0 aliphatic heterocycles. The molecule has 5 heteroatoms. The quantitative estimate of drug-likeness (QED) is 0.905. The highest BCUT2D eigenvalue weighted by Crippen LogP contribution is 2.42. The van der Waals surface area contributed by atoms with Gasteiger partial charge >= 0.3 is 0 Å². The largest absolute Gasteiger partial charge is 0.383 e. The Balaban J connectivity index is 2.17. The number of halogens is 2. The molecule has 1 aliphatic carbocycles. The van der Waals surface area contributed by atoms with Gasteiger partial charge in [0, 0.05) is 18.5 Å². The second-order valence-corrected chi connectivity index (χ2v) is 5.05. The lowest BCUT2D eigenvalue weighted by atomic mass is 10.1. The third-order valence-corrected chi connectivity index (χ3v) is 3.62. The number of nitrogen functional groups attached to an aromatic ring is 1. The molecule has 0 saturated heterocycles. The van der Waals surface area contributed by atoms with E-state index >= 15 is 0 Å². The fraction of sp³-hybridized carbons (Fsp3) is 0.308. The molecule has 2 N–H and O–H groups in total. The Bertz CT molecular complexity index is 617. The van der Waals surface area contributed by atoms with Crippen LogP contribution >= 0.6 is 11.6 Å². The van der Waals surface area contributed by atoms with Crippen molar-refractivity contribution in [3.8, 4) is 11.3 Å². The summed E-state index contributed by atoms with van der Waals surface area (Å²) >= 11 is 5.79. The summed E-state index contributed by atoms with van der Waals surface area (Å²) < 4.78 is 15.8. The molecule has 1 aromatic heterocycles. The number of rotatable bonds is 2. The Morgan fingerprint density at radius 3 is 2.83 bits per heavy atom. The molecule has 0 atom stereocenters. The van der Waals surface area contributed by atoms with Gasteiger partial charge in [-0.1, -0.05) is 17.7 Å². The molecule has 3 rings (SSSR count). The van der Waals surface area contributed by atoms with Crippen LogP contribution in [0.25, 0.3) is 11.3 Å². The summed E-state index contributed by atoms with van der Waals surface area (Å²) in [5.74, 6) is 1.42. The van der Waals surface area contributed by atoms with Crippen molar-refractivity contribution in [2.24, 2.45) is 7.05 Å². The molecule has 0 bridgehead atoms. The summed E-state index contributed by atoms with van der Waals surface area (Å²) in [7, 11) is 1.86. The Hall–Kier alpha value is -1.55. The minimum Gasteiger partial charge on any atom is -0.383 e. The number of anilines is 1. The summed E-state index contributed by atoms with van der Waals surface area (Å²) in [6.45, 7) is 0. The van der Waals surface area contributed by atoms with Gasteiger partial charge in [-0.15, -0.1) is 0 Å². The molecule has 3 nitrogen and oxygen atoms in total. The van der Waals surface area contributed by atoms with Gasteiger partial charge in [-0.3, -0.25) is 0 Å². The van der Waals surface area contributed by atoms with E-state index in [9.17, 15) is 4.39 Å². The summed E-state index contributed by atoms with van der Waals surface area (Å²) in [5, 5.41) is 0.0884. The Morgan fingerprint density at radius 1 is 1.44 bits per heavy atom. The van der Waals surface area contributed by atoms with E-state index in [0.29, 0.717) is 23.0 Å². The summed E-state index contributed by atoms with van der Waals surface area (Å²) in [6, 6.07) is 4.86. The zero-order chi connectivity index (χ0) is 12.9. The second kappa shape index (κ2) is 3.99. The van der Waals surface area contributed by atoms with E-state index in [1.807, 2.05) is 11.6 Å². The predicted octanol–water partition coefficient (Wildman–Crippen LogP) is 3.34. The Morgan fingerprint density at radius 2 is 2.17 bits per heavy atom. The third kappa shape index (κ3) is 1.68. The van der Waals surface area contributed by atoms with Crippen LogP contribution in [0.4, 0.5) is 10.2 Å². The molecule has 1 saturated carbocycles. The molecular formula is C13H13ClFN3. The van der Waals surface area contributed by atoms with E-state index in [1.165, 1.54) is 6.07 Å². The van der Waals surface area contributed by atoms with E-state index in [0.717, 1.165) is 18.7 Å². The zero-order valence-corrected chi connectivity index (χ0v) is 10.7. The molecule has 0 radical (unpaired) electrons. The smallest absolute Gasteiger partial charge is 0.151 e. The molecule has 18 heavy (non-hydrogen) atoms.